The number of halogens is 1. The van der Waals surface area contributed by atoms with Crippen molar-refractivity contribution >= 4 is 51.5 Å². The summed E-state index contributed by atoms with van der Waals surface area (Å²) in [6, 6.07) is 4.76. The van der Waals surface area contributed by atoms with E-state index in [1.807, 2.05) is 0 Å². The van der Waals surface area contributed by atoms with Crippen LogP contribution in [0, 0.1) is 6.92 Å². The van der Waals surface area contributed by atoms with Crippen molar-refractivity contribution in [2.45, 2.75) is 26.2 Å². The van der Waals surface area contributed by atoms with E-state index in [2.05, 4.69) is 20.8 Å². The van der Waals surface area contributed by atoms with Crippen molar-refractivity contribution in [3.63, 3.8) is 0 Å². The Bertz CT molecular complexity index is 858. The predicted octanol–water partition coefficient (Wildman–Crippen LogP) is 2.80. The molecule has 0 aliphatic heterocycles. The number of anilines is 2. The first kappa shape index (κ1) is 21.6. The first-order valence-electron chi connectivity index (χ1n) is 8.26. The number of amides is 2. The molecule has 2 N–H and O–H groups in total. The van der Waals surface area contributed by atoms with Crippen LogP contribution in [0.4, 0.5) is 10.8 Å². The van der Waals surface area contributed by atoms with Crippen LogP contribution in [0.3, 0.4) is 0 Å². The Hall–Kier alpha value is -2.72. The molecular weight excluding hydrogens is 408 g/mol. The number of nitrogens with zero attached hydrogens (tertiary/aromatic N) is 2. The summed E-state index contributed by atoms with van der Waals surface area (Å²) in [5.74, 6) is -0.943. The van der Waals surface area contributed by atoms with Crippen LogP contribution in [0.5, 0.6) is 5.75 Å². The fourth-order valence-corrected chi connectivity index (χ4v) is 2.88. The highest BCUT2D eigenvalue weighted by Gasteiger charge is 2.12. The summed E-state index contributed by atoms with van der Waals surface area (Å²) in [7, 11) is 1.46. The molecule has 2 rings (SSSR count). The zero-order chi connectivity index (χ0) is 20.5. The van der Waals surface area contributed by atoms with Crippen LogP contribution in [0.25, 0.3) is 0 Å². The highest BCUT2D eigenvalue weighted by Crippen LogP contribution is 2.27. The van der Waals surface area contributed by atoms with E-state index in [9.17, 15) is 14.4 Å². The maximum atomic E-state index is 11.9. The van der Waals surface area contributed by atoms with E-state index in [-0.39, 0.29) is 25.2 Å². The van der Waals surface area contributed by atoms with Crippen molar-refractivity contribution in [3.05, 3.63) is 28.2 Å². The van der Waals surface area contributed by atoms with Gasteiger partial charge in [0.25, 0.3) is 5.91 Å². The number of esters is 1. The highest BCUT2D eigenvalue weighted by molar-refractivity contribution is 7.15. The molecule has 2 aromatic rings. The monoisotopic (exact) mass is 426 g/mol. The van der Waals surface area contributed by atoms with Crippen LogP contribution in [0.1, 0.15) is 24.3 Å². The molecule has 11 heteroatoms. The van der Waals surface area contributed by atoms with Gasteiger partial charge in [0.1, 0.15) is 10.8 Å². The summed E-state index contributed by atoms with van der Waals surface area (Å²) in [6.07, 6.45) is 0.419. The molecule has 0 radical (unpaired) electrons. The number of rotatable bonds is 9. The Balaban J connectivity index is 1.67. The number of nitrogens with one attached hydrogen (secondary N) is 2. The smallest absolute Gasteiger partial charge is 0.306 e. The van der Waals surface area contributed by atoms with E-state index < -0.39 is 18.5 Å². The van der Waals surface area contributed by atoms with Crippen LogP contribution in [-0.2, 0) is 19.1 Å². The third-order valence-corrected chi connectivity index (χ3v) is 4.35. The summed E-state index contributed by atoms with van der Waals surface area (Å²) in [6.45, 7) is 1.33. The molecule has 0 bridgehead atoms. The van der Waals surface area contributed by atoms with Gasteiger partial charge in [0.15, 0.2) is 6.61 Å². The third kappa shape index (κ3) is 7.12. The van der Waals surface area contributed by atoms with Gasteiger partial charge in [-0.05, 0) is 31.5 Å². The molecule has 0 spiro atoms. The summed E-state index contributed by atoms with van der Waals surface area (Å²) >= 11 is 7.15. The van der Waals surface area contributed by atoms with Crippen molar-refractivity contribution in [2.24, 2.45) is 0 Å². The first-order chi connectivity index (χ1) is 13.4. The standard InChI is InChI=1S/C17H19ClN4O5S/c1-10-21-22-17(28-10)20-14(23)4-3-5-16(25)27-9-15(24)19-12-8-11(18)6-7-13(12)26-2/h6-8H,3-5,9H2,1-2H3,(H,19,24)(H,20,22,23). The Morgan fingerprint density at radius 3 is 2.61 bits per heavy atom. The maximum Gasteiger partial charge on any atom is 0.306 e. The van der Waals surface area contributed by atoms with E-state index in [1.54, 1.807) is 19.1 Å². The fraction of sp³-hybridized carbons (Fsp3) is 0.353. The van der Waals surface area contributed by atoms with Crippen molar-refractivity contribution < 1.29 is 23.9 Å². The fourth-order valence-electron chi connectivity index (χ4n) is 2.10. The maximum absolute atomic E-state index is 11.9. The quantitative estimate of drug-likeness (QED) is 0.591. The lowest BCUT2D eigenvalue weighted by molar-refractivity contribution is -0.147. The van der Waals surface area contributed by atoms with Gasteiger partial charge in [-0.25, -0.2) is 0 Å². The van der Waals surface area contributed by atoms with Crippen molar-refractivity contribution in [3.8, 4) is 5.75 Å². The van der Waals surface area contributed by atoms with Crippen LogP contribution < -0.4 is 15.4 Å². The average molecular weight is 427 g/mol. The Labute approximate surface area is 170 Å². The molecule has 28 heavy (non-hydrogen) atoms. The topological polar surface area (TPSA) is 120 Å². The summed E-state index contributed by atoms with van der Waals surface area (Å²) < 4.78 is 10.0. The molecule has 0 fully saturated rings. The van der Waals surface area contributed by atoms with Crippen LogP contribution in [0.15, 0.2) is 18.2 Å². The molecular formula is C17H19ClN4O5S. The minimum atomic E-state index is -0.576. The second-order valence-corrected chi connectivity index (χ2v) is 7.20. The minimum Gasteiger partial charge on any atom is -0.495 e. The number of carbonyl (C=O) groups excluding carboxylic acids is 3. The van der Waals surface area contributed by atoms with Crippen LogP contribution in [0.2, 0.25) is 5.02 Å². The van der Waals surface area contributed by atoms with Gasteiger partial charge < -0.3 is 20.1 Å². The van der Waals surface area contributed by atoms with Crippen molar-refractivity contribution in [1.82, 2.24) is 10.2 Å². The van der Waals surface area contributed by atoms with Gasteiger partial charge in [-0.3, -0.25) is 14.4 Å². The third-order valence-electron chi connectivity index (χ3n) is 3.36. The first-order valence-corrected chi connectivity index (χ1v) is 9.46. The Morgan fingerprint density at radius 2 is 1.93 bits per heavy atom. The molecule has 0 saturated carbocycles. The molecule has 0 unspecified atom stereocenters. The van der Waals surface area contributed by atoms with Gasteiger partial charge in [0.05, 0.1) is 12.8 Å². The van der Waals surface area contributed by atoms with Gasteiger partial charge in [-0.15, -0.1) is 10.2 Å². The zero-order valence-corrected chi connectivity index (χ0v) is 16.9. The lowest BCUT2D eigenvalue weighted by atomic mass is 10.2. The van der Waals surface area contributed by atoms with Gasteiger partial charge >= 0.3 is 5.97 Å². The van der Waals surface area contributed by atoms with Crippen molar-refractivity contribution in [2.75, 3.05) is 24.4 Å². The number of aryl methyl sites for hydroxylation is 1. The van der Waals surface area contributed by atoms with Crippen molar-refractivity contribution in [1.29, 1.82) is 0 Å². The second kappa shape index (κ2) is 10.6. The largest absolute Gasteiger partial charge is 0.495 e. The lowest BCUT2D eigenvalue weighted by Gasteiger charge is -2.10. The summed E-state index contributed by atoms with van der Waals surface area (Å²) in [5, 5.41) is 14.3. The van der Waals surface area contributed by atoms with E-state index in [1.165, 1.54) is 24.5 Å². The van der Waals surface area contributed by atoms with E-state index in [4.69, 9.17) is 21.1 Å². The molecule has 0 atom stereocenters. The summed E-state index contributed by atoms with van der Waals surface area (Å²) in [4.78, 5) is 35.4. The number of benzene rings is 1. The number of hydrogen-bond acceptors (Lipinski definition) is 8. The molecule has 0 aliphatic carbocycles. The molecule has 0 saturated heterocycles. The normalized spacial score (nSPS) is 10.2. The van der Waals surface area contributed by atoms with Gasteiger partial charge in [0, 0.05) is 17.9 Å². The molecule has 1 heterocycles. The van der Waals surface area contributed by atoms with Gasteiger partial charge in [0.2, 0.25) is 11.0 Å². The molecule has 0 aliphatic rings. The Morgan fingerprint density at radius 1 is 1.14 bits per heavy atom. The molecule has 9 nitrogen and oxygen atoms in total. The number of carbonyl (C=O) groups is 3. The van der Waals surface area contributed by atoms with Gasteiger partial charge in [-0.2, -0.15) is 0 Å². The molecule has 1 aromatic heterocycles. The number of hydrogen-bond donors (Lipinski definition) is 2. The SMILES string of the molecule is COc1ccc(Cl)cc1NC(=O)COC(=O)CCCC(=O)Nc1nnc(C)s1. The van der Waals surface area contributed by atoms with E-state index in [0.29, 0.717) is 21.6 Å². The highest BCUT2D eigenvalue weighted by atomic mass is 35.5. The Kier molecular flexibility index (Phi) is 8.15. The van der Waals surface area contributed by atoms with Crippen LogP contribution >= 0.6 is 22.9 Å². The number of ether oxygens (including phenoxy) is 2. The van der Waals surface area contributed by atoms with Crippen LogP contribution in [-0.4, -0.2) is 41.7 Å². The van der Waals surface area contributed by atoms with Gasteiger partial charge in [-0.1, -0.05) is 22.9 Å². The molecule has 150 valence electrons. The predicted molar refractivity (Wildman–Crippen MR) is 105 cm³/mol. The molecule has 2 amide bonds. The minimum absolute atomic E-state index is 0.0103. The summed E-state index contributed by atoms with van der Waals surface area (Å²) in [5.41, 5.74) is 0.375. The average Bonchev–Trinajstić information content (AvgIpc) is 3.05. The number of methoxy groups -OCH3 is 1. The second-order valence-electron chi connectivity index (χ2n) is 5.58. The zero-order valence-electron chi connectivity index (χ0n) is 15.3. The number of aromatic nitrogens is 2. The lowest BCUT2D eigenvalue weighted by Crippen LogP contribution is -2.21. The van der Waals surface area contributed by atoms with E-state index in [0.717, 1.165) is 5.01 Å². The van der Waals surface area contributed by atoms with E-state index >= 15 is 0 Å². The molecule has 1 aromatic carbocycles.